The summed E-state index contributed by atoms with van der Waals surface area (Å²) in [5, 5.41) is 13.4. The lowest BCUT2D eigenvalue weighted by atomic mass is 10.1. The molecule has 0 radical (unpaired) electrons. The molecule has 10 heteroatoms. The van der Waals surface area contributed by atoms with Crippen molar-refractivity contribution in [1.82, 2.24) is 0 Å². The number of hydrogen-bond acceptors (Lipinski definition) is 6. The van der Waals surface area contributed by atoms with Gasteiger partial charge in [0.05, 0.1) is 21.2 Å². The van der Waals surface area contributed by atoms with Gasteiger partial charge in [-0.15, -0.1) is 0 Å². The van der Waals surface area contributed by atoms with Gasteiger partial charge in [0.15, 0.2) is 18.1 Å². The molecule has 1 aliphatic heterocycles. The summed E-state index contributed by atoms with van der Waals surface area (Å²) in [4.78, 5) is 34.0. The molecular formula is C15H8Cl2N2O6. The van der Waals surface area contributed by atoms with Gasteiger partial charge in [0.2, 0.25) is 0 Å². The van der Waals surface area contributed by atoms with Crippen molar-refractivity contribution in [3.05, 3.63) is 56.1 Å². The number of fused-ring (bicyclic) bond motifs is 1. The van der Waals surface area contributed by atoms with E-state index in [-0.39, 0.29) is 45.1 Å². The van der Waals surface area contributed by atoms with Crippen LogP contribution in [0.25, 0.3) is 0 Å². The summed E-state index contributed by atoms with van der Waals surface area (Å²) in [6, 6.07) is 6.31. The summed E-state index contributed by atoms with van der Waals surface area (Å²) in [5.41, 5.74) is -0.107. The van der Waals surface area contributed by atoms with E-state index < -0.39 is 16.8 Å². The molecule has 2 aromatic rings. The predicted molar refractivity (Wildman–Crippen MR) is 88.6 cm³/mol. The number of carbonyl (C=O) groups excluding carboxylic acids is 2. The monoisotopic (exact) mass is 382 g/mol. The van der Waals surface area contributed by atoms with Gasteiger partial charge in [0.25, 0.3) is 11.6 Å². The van der Waals surface area contributed by atoms with Gasteiger partial charge in [-0.1, -0.05) is 23.2 Å². The Morgan fingerprint density at radius 1 is 1.24 bits per heavy atom. The summed E-state index contributed by atoms with van der Waals surface area (Å²) in [5.74, 6) is -1.23. The molecule has 1 heterocycles. The lowest BCUT2D eigenvalue weighted by molar-refractivity contribution is -0.384. The standard InChI is InChI=1S/C15H8Cl2N2O6/c16-7-3-9(14-12(4-7)24-6-13(20)25-14)15(21)18-11-2-1-8(19(22)23)5-10(11)17/h1-5H,6H2,(H,18,21). The van der Waals surface area contributed by atoms with Gasteiger partial charge in [-0.2, -0.15) is 0 Å². The van der Waals surface area contributed by atoms with Crippen LogP contribution in [-0.4, -0.2) is 23.4 Å². The minimum absolute atomic E-state index is 0.0216. The van der Waals surface area contributed by atoms with Crippen LogP contribution in [0.15, 0.2) is 30.3 Å². The van der Waals surface area contributed by atoms with Crippen molar-refractivity contribution >= 4 is 46.5 Å². The Labute approximate surface area is 150 Å². The Hall–Kier alpha value is -2.84. The third kappa shape index (κ3) is 3.49. The van der Waals surface area contributed by atoms with E-state index in [1.165, 1.54) is 24.3 Å². The van der Waals surface area contributed by atoms with Crippen LogP contribution in [0.3, 0.4) is 0 Å². The molecule has 0 aliphatic carbocycles. The molecule has 25 heavy (non-hydrogen) atoms. The number of ether oxygens (including phenoxy) is 2. The summed E-state index contributed by atoms with van der Waals surface area (Å²) in [6.07, 6.45) is 0. The molecule has 1 N–H and O–H groups in total. The Kier molecular flexibility index (Phi) is 4.47. The number of esters is 1. The molecule has 2 aromatic carbocycles. The SMILES string of the molecule is O=C1COc2cc(Cl)cc(C(=O)Nc3ccc([N+](=O)[O-])cc3Cl)c2O1. The number of nitrogens with one attached hydrogen (secondary N) is 1. The molecule has 0 atom stereocenters. The first-order valence-electron chi connectivity index (χ1n) is 6.77. The van der Waals surface area contributed by atoms with Gasteiger partial charge in [-0.3, -0.25) is 14.9 Å². The minimum atomic E-state index is -0.673. The maximum absolute atomic E-state index is 12.5. The van der Waals surface area contributed by atoms with Crippen molar-refractivity contribution in [2.75, 3.05) is 11.9 Å². The number of nitrogens with zero attached hydrogens (tertiary/aromatic N) is 1. The maximum Gasteiger partial charge on any atom is 0.349 e. The molecule has 0 saturated carbocycles. The quantitative estimate of drug-likeness (QED) is 0.377. The van der Waals surface area contributed by atoms with E-state index in [1.54, 1.807) is 0 Å². The Balaban J connectivity index is 1.93. The number of nitro groups is 1. The van der Waals surface area contributed by atoms with E-state index in [0.29, 0.717) is 0 Å². The summed E-state index contributed by atoms with van der Waals surface area (Å²) in [6.45, 7) is -0.289. The van der Waals surface area contributed by atoms with Crippen molar-refractivity contribution in [2.45, 2.75) is 0 Å². The molecule has 3 rings (SSSR count). The molecule has 1 amide bonds. The average Bonchev–Trinajstić information content (AvgIpc) is 2.56. The summed E-state index contributed by atoms with van der Waals surface area (Å²) < 4.78 is 10.2. The Morgan fingerprint density at radius 2 is 2.00 bits per heavy atom. The first-order valence-corrected chi connectivity index (χ1v) is 7.53. The van der Waals surface area contributed by atoms with Gasteiger partial charge in [-0.05, 0) is 12.1 Å². The lowest BCUT2D eigenvalue weighted by Gasteiger charge is -2.19. The van der Waals surface area contributed by atoms with Gasteiger partial charge in [-0.25, -0.2) is 4.79 Å². The molecular weight excluding hydrogens is 375 g/mol. The second-order valence-corrected chi connectivity index (χ2v) is 5.76. The molecule has 0 unspecified atom stereocenters. The number of benzene rings is 2. The highest BCUT2D eigenvalue weighted by molar-refractivity contribution is 6.34. The summed E-state index contributed by atoms with van der Waals surface area (Å²) in [7, 11) is 0. The number of carbonyl (C=O) groups is 2. The lowest BCUT2D eigenvalue weighted by Crippen LogP contribution is -2.25. The van der Waals surface area contributed by atoms with E-state index in [4.69, 9.17) is 32.7 Å². The van der Waals surface area contributed by atoms with Crippen LogP contribution in [0.5, 0.6) is 11.5 Å². The van der Waals surface area contributed by atoms with Crippen molar-refractivity contribution in [3.8, 4) is 11.5 Å². The summed E-state index contributed by atoms with van der Waals surface area (Å²) >= 11 is 11.9. The Morgan fingerprint density at radius 3 is 2.68 bits per heavy atom. The van der Waals surface area contributed by atoms with E-state index in [9.17, 15) is 19.7 Å². The van der Waals surface area contributed by atoms with Crippen LogP contribution >= 0.6 is 23.2 Å². The first kappa shape index (κ1) is 17.0. The van der Waals surface area contributed by atoms with Crippen LogP contribution < -0.4 is 14.8 Å². The minimum Gasteiger partial charge on any atom is -0.478 e. The van der Waals surface area contributed by atoms with E-state index >= 15 is 0 Å². The van der Waals surface area contributed by atoms with Gasteiger partial charge < -0.3 is 14.8 Å². The molecule has 8 nitrogen and oxygen atoms in total. The van der Waals surface area contributed by atoms with Crippen LogP contribution in [0.1, 0.15) is 10.4 Å². The Bertz CT molecular complexity index is 915. The largest absolute Gasteiger partial charge is 0.478 e. The highest BCUT2D eigenvalue weighted by Crippen LogP contribution is 2.38. The molecule has 0 saturated heterocycles. The van der Waals surface area contributed by atoms with E-state index in [1.807, 2.05) is 0 Å². The number of rotatable bonds is 3. The van der Waals surface area contributed by atoms with Crippen molar-refractivity contribution < 1.29 is 24.0 Å². The number of halogens is 2. The molecule has 0 aromatic heterocycles. The fourth-order valence-electron chi connectivity index (χ4n) is 2.14. The van der Waals surface area contributed by atoms with Crippen molar-refractivity contribution in [2.24, 2.45) is 0 Å². The zero-order chi connectivity index (χ0) is 18.1. The molecule has 1 aliphatic rings. The molecule has 0 fully saturated rings. The van der Waals surface area contributed by atoms with Gasteiger partial charge >= 0.3 is 5.97 Å². The molecule has 128 valence electrons. The maximum atomic E-state index is 12.5. The number of amides is 1. The van der Waals surface area contributed by atoms with Crippen LogP contribution in [0, 0.1) is 10.1 Å². The van der Waals surface area contributed by atoms with Crippen LogP contribution in [0.4, 0.5) is 11.4 Å². The first-order chi connectivity index (χ1) is 11.8. The smallest absolute Gasteiger partial charge is 0.349 e. The highest BCUT2D eigenvalue weighted by atomic mass is 35.5. The predicted octanol–water partition coefficient (Wildman–Crippen LogP) is 3.45. The highest BCUT2D eigenvalue weighted by Gasteiger charge is 2.26. The van der Waals surface area contributed by atoms with Crippen LogP contribution in [-0.2, 0) is 4.79 Å². The molecule has 0 spiro atoms. The van der Waals surface area contributed by atoms with Gasteiger partial charge in [0.1, 0.15) is 0 Å². The topological polar surface area (TPSA) is 108 Å². The normalized spacial score (nSPS) is 12.6. The van der Waals surface area contributed by atoms with Crippen LogP contribution in [0.2, 0.25) is 10.0 Å². The van der Waals surface area contributed by atoms with Crippen molar-refractivity contribution in [1.29, 1.82) is 0 Å². The fourth-order valence-corrected chi connectivity index (χ4v) is 2.57. The fraction of sp³-hybridized carbons (Fsp3) is 0.0667. The second-order valence-electron chi connectivity index (χ2n) is 4.92. The van der Waals surface area contributed by atoms with E-state index in [0.717, 1.165) is 6.07 Å². The molecule has 0 bridgehead atoms. The third-order valence-corrected chi connectivity index (χ3v) is 3.77. The number of non-ortho nitro benzene ring substituents is 1. The average molecular weight is 383 g/mol. The third-order valence-electron chi connectivity index (χ3n) is 3.24. The van der Waals surface area contributed by atoms with Gasteiger partial charge in [0, 0.05) is 23.2 Å². The zero-order valence-electron chi connectivity index (χ0n) is 12.2. The second kappa shape index (κ2) is 6.58. The van der Waals surface area contributed by atoms with E-state index in [2.05, 4.69) is 5.32 Å². The number of hydrogen-bond donors (Lipinski definition) is 1. The van der Waals surface area contributed by atoms with Crippen molar-refractivity contribution in [3.63, 3.8) is 0 Å². The number of anilines is 1. The number of nitro benzene ring substituents is 1. The zero-order valence-corrected chi connectivity index (χ0v) is 13.8.